The lowest BCUT2D eigenvalue weighted by molar-refractivity contribution is -0.0634. The van der Waals surface area contributed by atoms with E-state index in [1.807, 2.05) is 27.7 Å². The molecule has 0 bridgehead atoms. The molecule has 0 aliphatic rings. The predicted octanol–water partition coefficient (Wildman–Crippen LogP) is 4.69. The fourth-order valence-electron chi connectivity index (χ4n) is 1.88. The van der Waals surface area contributed by atoms with Crippen molar-refractivity contribution in [3.8, 4) is 0 Å². The third kappa shape index (κ3) is 11.3. The Morgan fingerprint density at radius 2 is 1.05 bits per heavy atom. The Balaban J connectivity index is 4.59. The minimum absolute atomic E-state index is 0.0350. The molecule has 0 aliphatic carbocycles. The van der Waals surface area contributed by atoms with E-state index in [4.69, 9.17) is 17.7 Å². The molecule has 0 saturated heterocycles. The molecule has 0 atom stereocenters. The van der Waals surface area contributed by atoms with Crippen molar-refractivity contribution in [2.75, 3.05) is 13.2 Å². The molecule has 0 aromatic heterocycles. The van der Waals surface area contributed by atoms with Crippen LogP contribution in [0.2, 0.25) is 0 Å². The molecule has 0 rings (SSSR count). The molecule has 0 amide bonds. The highest BCUT2D eigenvalue weighted by Crippen LogP contribution is 2.18. The molecule has 0 unspecified atom stereocenters. The second-order valence-corrected chi connectivity index (χ2v) is 7.99. The van der Waals surface area contributed by atoms with Gasteiger partial charge in [0, 0.05) is 25.4 Å². The number of hydrogen-bond acceptors (Lipinski definition) is 4. The van der Waals surface area contributed by atoms with Gasteiger partial charge >= 0.3 is 9.05 Å². The number of rotatable bonds is 14. The zero-order valence-electron chi connectivity index (χ0n) is 14.9. The number of hydrogen-bond donors (Lipinski definition) is 0. The fourth-order valence-corrected chi connectivity index (χ4v) is 4.24. The second-order valence-electron chi connectivity index (χ2n) is 5.94. The van der Waals surface area contributed by atoms with E-state index in [2.05, 4.69) is 13.8 Å². The summed E-state index contributed by atoms with van der Waals surface area (Å²) in [5.41, 5.74) is 0. The van der Waals surface area contributed by atoms with E-state index in [-0.39, 0.29) is 12.2 Å². The van der Waals surface area contributed by atoms with E-state index in [0.717, 1.165) is 25.7 Å². The first-order chi connectivity index (χ1) is 9.95. The van der Waals surface area contributed by atoms with Gasteiger partial charge in [-0.15, -0.1) is 0 Å². The summed E-state index contributed by atoms with van der Waals surface area (Å²) in [6.45, 7) is 13.6. The third-order valence-corrected chi connectivity index (χ3v) is 5.45. The summed E-state index contributed by atoms with van der Waals surface area (Å²) < 4.78 is 24.0. The Hall–Kier alpha value is 0.0569. The summed E-state index contributed by atoms with van der Waals surface area (Å²) in [6, 6.07) is 0. The Morgan fingerprint density at radius 1 is 0.667 bits per heavy atom. The third-order valence-electron chi connectivity index (χ3n) is 2.81. The topological polar surface area (TPSA) is 36.9 Å². The summed E-state index contributed by atoms with van der Waals surface area (Å²) in [5, 5.41) is 0. The van der Waals surface area contributed by atoms with Crippen LogP contribution in [0.1, 0.15) is 80.1 Å². The smallest absolute Gasteiger partial charge is 0.351 e. The van der Waals surface area contributed by atoms with Crippen molar-refractivity contribution < 1.29 is 17.7 Å². The Bertz CT molecular complexity index is 210. The van der Waals surface area contributed by atoms with E-state index in [1.54, 1.807) is 0 Å². The molecule has 128 valence electrons. The van der Waals surface area contributed by atoms with Crippen molar-refractivity contribution in [1.82, 2.24) is 0 Å². The quantitative estimate of drug-likeness (QED) is 0.344. The SMILES string of the molecule is CCCCCO[Si](OCCCCC)(OC(C)C)OC(C)C. The monoisotopic (exact) mass is 320 g/mol. The van der Waals surface area contributed by atoms with Crippen molar-refractivity contribution in [3.05, 3.63) is 0 Å². The zero-order valence-corrected chi connectivity index (χ0v) is 15.9. The predicted molar refractivity (Wildman–Crippen MR) is 89.2 cm³/mol. The number of unbranched alkanes of at least 4 members (excludes halogenated alkanes) is 4. The maximum absolute atomic E-state index is 6.01. The lowest BCUT2D eigenvalue weighted by Gasteiger charge is -2.31. The first-order valence-electron chi connectivity index (χ1n) is 8.59. The van der Waals surface area contributed by atoms with Gasteiger partial charge in [-0.25, -0.2) is 0 Å². The van der Waals surface area contributed by atoms with Gasteiger partial charge in [-0.1, -0.05) is 39.5 Å². The lowest BCUT2D eigenvalue weighted by Crippen LogP contribution is -2.52. The van der Waals surface area contributed by atoms with Crippen LogP contribution in [-0.2, 0) is 17.7 Å². The molecule has 0 fully saturated rings. The lowest BCUT2D eigenvalue weighted by atomic mass is 10.3. The van der Waals surface area contributed by atoms with Crippen LogP contribution in [0.3, 0.4) is 0 Å². The molecule has 0 radical (unpaired) electrons. The van der Waals surface area contributed by atoms with Crippen molar-refractivity contribution in [3.63, 3.8) is 0 Å². The minimum Gasteiger partial charge on any atom is -0.351 e. The van der Waals surface area contributed by atoms with Gasteiger partial charge in [-0.3, -0.25) is 0 Å². The molecular formula is C16H36O4Si. The van der Waals surface area contributed by atoms with Gasteiger partial charge in [-0.05, 0) is 40.5 Å². The van der Waals surface area contributed by atoms with Crippen molar-refractivity contribution in [1.29, 1.82) is 0 Å². The van der Waals surface area contributed by atoms with Crippen molar-refractivity contribution >= 4 is 9.05 Å². The van der Waals surface area contributed by atoms with Crippen LogP contribution < -0.4 is 0 Å². The van der Waals surface area contributed by atoms with Crippen LogP contribution in [0, 0.1) is 0 Å². The summed E-state index contributed by atoms with van der Waals surface area (Å²) in [5.74, 6) is 0. The molecule has 21 heavy (non-hydrogen) atoms. The Kier molecular flexibility index (Phi) is 12.6. The van der Waals surface area contributed by atoms with Gasteiger partial charge < -0.3 is 17.7 Å². The molecular weight excluding hydrogens is 284 g/mol. The molecule has 5 heteroatoms. The average molecular weight is 321 g/mol. The van der Waals surface area contributed by atoms with Crippen LogP contribution >= 0.6 is 0 Å². The van der Waals surface area contributed by atoms with Crippen LogP contribution in [0.15, 0.2) is 0 Å². The Labute approximate surface area is 133 Å². The fraction of sp³-hybridized carbons (Fsp3) is 1.00. The molecule has 0 aliphatic heterocycles. The molecule has 0 aromatic carbocycles. The van der Waals surface area contributed by atoms with E-state index in [9.17, 15) is 0 Å². The zero-order chi connectivity index (χ0) is 16.1. The van der Waals surface area contributed by atoms with E-state index in [0.29, 0.717) is 13.2 Å². The highest BCUT2D eigenvalue weighted by molar-refractivity contribution is 6.53. The first-order valence-corrected chi connectivity index (χ1v) is 10.2. The minimum atomic E-state index is -3.02. The average Bonchev–Trinajstić information content (AvgIpc) is 2.38. The molecule has 0 heterocycles. The van der Waals surface area contributed by atoms with E-state index in [1.165, 1.54) is 12.8 Å². The van der Waals surface area contributed by atoms with Crippen molar-refractivity contribution in [2.45, 2.75) is 92.3 Å². The standard InChI is InChI=1S/C16H36O4Si/c1-7-9-11-13-17-21(19-15(3)4,20-16(5)6)18-14-12-10-8-2/h15-16H,7-14H2,1-6H3. The highest BCUT2D eigenvalue weighted by Gasteiger charge is 2.47. The van der Waals surface area contributed by atoms with Crippen LogP contribution in [0.4, 0.5) is 0 Å². The Morgan fingerprint density at radius 3 is 1.33 bits per heavy atom. The van der Waals surface area contributed by atoms with Crippen LogP contribution in [0.5, 0.6) is 0 Å². The van der Waals surface area contributed by atoms with Gasteiger partial charge in [0.05, 0.1) is 0 Å². The van der Waals surface area contributed by atoms with E-state index < -0.39 is 9.05 Å². The normalized spacial score (nSPS) is 12.6. The van der Waals surface area contributed by atoms with Crippen molar-refractivity contribution in [2.24, 2.45) is 0 Å². The van der Waals surface area contributed by atoms with E-state index >= 15 is 0 Å². The molecule has 0 spiro atoms. The summed E-state index contributed by atoms with van der Waals surface area (Å²) in [6.07, 6.45) is 6.77. The van der Waals surface area contributed by atoms with Crippen LogP contribution in [0.25, 0.3) is 0 Å². The largest absolute Gasteiger partial charge is 0.680 e. The first kappa shape index (κ1) is 21.1. The van der Waals surface area contributed by atoms with Gasteiger partial charge in [0.15, 0.2) is 0 Å². The van der Waals surface area contributed by atoms with Gasteiger partial charge in [0.2, 0.25) is 0 Å². The van der Waals surface area contributed by atoms with Gasteiger partial charge in [0.1, 0.15) is 0 Å². The molecule has 4 nitrogen and oxygen atoms in total. The summed E-state index contributed by atoms with van der Waals surface area (Å²) >= 11 is 0. The molecule has 0 saturated carbocycles. The van der Waals surface area contributed by atoms with Crippen LogP contribution in [-0.4, -0.2) is 34.5 Å². The highest BCUT2D eigenvalue weighted by atomic mass is 28.4. The molecule has 0 N–H and O–H groups in total. The molecule has 0 aromatic rings. The van der Waals surface area contributed by atoms with Gasteiger partial charge in [0.25, 0.3) is 0 Å². The summed E-state index contributed by atoms with van der Waals surface area (Å²) in [7, 11) is -3.02. The maximum atomic E-state index is 6.01. The summed E-state index contributed by atoms with van der Waals surface area (Å²) in [4.78, 5) is 0. The van der Waals surface area contributed by atoms with Gasteiger partial charge in [-0.2, -0.15) is 0 Å². The second kappa shape index (κ2) is 12.6. The maximum Gasteiger partial charge on any atom is 0.680 e.